The fourth-order valence-electron chi connectivity index (χ4n) is 5.42. The topological polar surface area (TPSA) is 80.3 Å². The van der Waals surface area contributed by atoms with Gasteiger partial charge in [-0.05, 0) is 73.5 Å². The van der Waals surface area contributed by atoms with Gasteiger partial charge in [-0.3, -0.25) is 4.79 Å². The predicted octanol–water partition coefficient (Wildman–Crippen LogP) is 6.65. The third kappa shape index (κ3) is 7.07. The molecule has 3 atom stereocenters. The quantitative estimate of drug-likeness (QED) is 0.261. The summed E-state index contributed by atoms with van der Waals surface area (Å²) in [5.74, 6) is 0.448. The van der Waals surface area contributed by atoms with Gasteiger partial charge in [0.25, 0.3) is 0 Å². The average Bonchev–Trinajstić information content (AvgIpc) is 3.63. The van der Waals surface area contributed by atoms with Crippen LogP contribution in [0.15, 0.2) is 72.8 Å². The lowest BCUT2D eigenvalue weighted by Gasteiger charge is -2.29. The minimum Gasteiger partial charge on any atom is -0.497 e. The minimum absolute atomic E-state index is 0.191. The number of hydrogen-bond acceptors (Lipinski definition) is 6. The highest BCUT2D eigenvalue weighted by Gasteiger charge is 2.47. The molecule has 3 aromatic rings. The molecule has 2 heterocycles. The second-order valence-corrected chi connectivity index (χ2v) is 10.2. The van der Waals surface area contributed by atoms with Crippen LogP contribution in [0.3, 0.4) is 0 Å². The number of fused-ring (bicyclic) bond motifs is 1. The van der Waals surface area contributed by atoms with E-state index >= 15 is 0 Å². The van der Waals surface area contributed by atoms with Gasteiger partial charge in [0.15, 0.2) is 11.5 Å². The van der Waals surface area contributed by atoms with E-state index in [0.717, 1.165) is 22.6 Å². The fourth-order valence-corrected chi connectivity index (χ4v) is 5.42. The van der Waals surface area contributed by atoms with Crippen LogP contribution in [0.25, 0.3) is 0 Å². The lowest BCUT2D eigenvalue weighted by Crippen LogP contribution is -2.28. The van der Waals surface area contributed by atoms with Gasteiger partial charge in [0.2, 0.25) is 6.79 Å². The Bertz CT molecular complexity index is 1200. The second kappa shape index (κ2) is 14.6. The summed E-state index contributed by atoms with van der Waals surface area (Å²) in [5, 5.41) is 13.7. The summed E-state index contributed by atoms with van der Waals surface area (Å²) in [6.07, 6.45) is 5.26. The number of methoxy groups -OCH3 is 1. The molecule has 5 rings (SSSR count). The smallest absolute Gasteiger partial charge is 0.309 e. The second-order valence-electron chi connectivity index (χ2n) is 10.2. The maximum atomic E-state index is 12.6. The lowest BCUT2D eigenvalue weighted by molar-refractivity contribution is -0.142. The highest BCUT2D eigenvalue weighted by Crippen LogP contribution is 2.49. The number of carbonyl (C=O) groups is 1. The van der Waals surface area contributed by atoms with Crippen LogP contribution in [0.5, 0.6) is 17.2 Å². The van der Waals surface area contributed by atoms with Crippen molar-refractivity contribution in [1.29, 1.82) is 0 Å². The molecule has 1 saturated heterocycles. The van der Waals surface area contributed by atoms with Crippen LogP contribution in [0.1, 0.15) is 62.6 Å². The monoisotopic (exact) mass is 546 g/mol. The Hall–Kier alpha value is -3.71. The Morgan fingerprint density at radius 2 is 1.57 bits per heavy atom. The molecule has 214 valence electrons. The number of anilines is 1. The number of carboxylic acid groups (broad SMARTS) is 1. The first-order valence-electron chi connectivity index (χ1n) is 14.4. The van der Waals surface area contributed by atoms with E-state index in [0.29, 0.717) is 18.0 Å². The minimum atomic E-state index is -0.818. The van der Waals surface area contributed by atoms with Gasteiger partial charge in [0.1, 0.15) is 5.75 Å². The van der Waals surface area contributed by atoms with Crippen molar-refractivity contribution in [2.75, 3.05) is 38.4 Å². The molecule has 7 nitrogen and oxygen atoms in total. The largest absolute Gasteiger partial charge is 0.497 e. The van der Waals surface area contributed by atoms with Crippen molar-refractivity contribution in [3.63, 3.8) is 0 Å². The van der Waals surface area contributed by atoms with E-state index in [2.05, 4.69) is 24.1 Å². The molecule has 0 radical (unpaired) electrons. The molecule has 3 aromatic carbocycles. The number of ether oxygens (including phenoxy) is 3. The summed E-state index contributed by atoms with van der Waals surface area (Å²) < 4.78 is 16.3. The summed E-state index contributed by atoms with van der Waals surface area (Å²) in [7, 11) is 1.62. The molecule has 3 unspecified atom stereocenters. The Morgan fingerprint density at radius 3 is 2.20 bits per heavy atom. The standard InChI is InChI=1S/C25H23NO5.C8H19N/c1-29-19-10-7-16(8-11-19)24-23(25(27)28)20(14-26(24)18-5-3-2-4-6-18)17-9-12-21-22(13-17)31-15-30-21;1-3-5-7-9-8-6-4-2/h2-13,20,23-24H,14-15H2,1H3,(H,27,28);9H,3-8H2,1-2H3. The maximum absolute atomic E-state index is 12.6. The SMILES string of the molecule is CCCCNCCCC.COc1ccc(C2C(C(=O)O)C(c3ccc4c(c3)OCO4)CN2c2ccccc2)cc1. The number of nitrogens with zero attached hydrogens (tertiary/aromatic N) is 1. The first-order chi connectivity index (χ1) is 19.6. The Kier molecular flexibility index (Phi) is 10.7. The van der Waals surface area contributed by atoms with Crippen molar-refractivity contribution in [2.24, 2.45) is 5.92 Å². The first kappa shape index (κ1) is 29.3. The number of benzene rings is 3. The maximum Gasteiger partial charge on any atom is 0.309 e. The Labute approximate surface area is 238 Å². The number of hydrogen-bond donors (Lipinski definition) is 2. The zero-order chi connectivity index (χ0) is 28.3. The molecule has 2 aliphatic heterocycles. The third-order valence-corrected chi connectivity index (χ3v) is 7.57. The molecule has 0 saturated carbocycles. The molecule has 0 spiro atoms. The molecule has 0 amide bonds. The highest BCUT2D eigenvalue weighted by atomic mass is 16.7. The zero-order valence-electron chi connectivity index (χ0n) is 23.8. The highest BCUT2D eigenvalue weighted by molar-refractivity contribution is 5.76. The summed E-state index contributed by atoms with van der Waals surface area (Å²) in [6.45, 7) is 7.63. The molecular weight excluding hydrogens is 504 g/mol. The van der Waals surface area contributed by atoms with Crippen LogP contribution in [-0.4, -0.2) is 44.6 Å². The number of unbranched alkanes of at least 4 members (excludes halogenated alkanes) is 2. The van der Waals surface area contributed by atoms with Gasteiger partial charge < -0.3 is 29.5 Å². The fraction of sp³-hybridized carbons (Fsp3) is 0.424. The van der Waals surface area contributed by atoms with Gasteiger partial charge in [-0.1, -0.05) is 63.1 Å². The molecule has 2 aliphatic rings. The van der Waals surface area contributed by atoms with Crippen LogP contribution in [0, 0.1) is 5.92 Å². The van der Waals surface area contributed by atoms with Crippen molar-refractivity contribution in [1.82, 2.24) is 5.32 Å². The number of rotatable bonds is 11. The van der Waals surface area contributed by atoms with E-state index in [4.69, 9.17) is 14.2 Å². The number of aliphatic carboxylic acids is 1. The summed E-state index contributed by atoms with van der Waals surface area (Å²) in [5.41, 5.74) is 2.88. The molecule has 0 aromatic heterocycles. The van der Waals surface area contributed by atoms with E-state index < -0.39 is 11.9 Å². The van der Waals surface area contributed by atoms with Crippen molar-refractivity contribution in [3.8, 4) is 17.2 Å². The Morgan fingerprint density at radius 1 is 0.925 bits per heavy atom. The molecule has 0 bridgehead atoms. The van der Waals surface area contributed by atoms with Crippen LogP contribution in [0.2, 0.25) is 0 Å². The zero-order valence-corrected chi connectivity index (χ0v) is 23.8. The molecule has 7 heteroatoms. The van der Waals surface area contributed by atoms with E-state index in [-0.39, 0.29) is 18.8 Å². The van der Waals surface area contributed by atoms with Crippen LogP contribution < -0.4 is 24.4 Å². The predicted molar refractivity (Wildman–Crippen MR) is 159 cm³/mol. The molecule has 40 heavy (non-hydrogen) atoms. The van der Waals surface area contributed by atoms with Gasteiger partial charge in [0.05, 0.1) is 19.1 Å². The van der Waals surface area contributed by atoms with Gasteiger partial charge in [-0.15, -0.1) is 0 Å². The van der Waals surface area contributed by atoms with E-state index in [9.17, 15) is 9.90 Å². The van der Waals surface area contributed by atoms with E-state index in [1.165, 1.54) is 38.8 Å². The van der Waals surface area contributed by atoms with Gasteiger partial charge >= 0.3 is 5.97 Å². The average molecular weight is 547 g/mol. The van der Waals surface area contributed by atoms with Crippen molar-refractivity contribution in [2.45, 2.75) is 51.5 Å². The molecule has 2 N–H and O–H groups in total. The van der Waals surface area contributed by atoms with Crippen LogP contribution in [0.4, 0.5) is 5.69 Å². The number of para-hydroxylation sites is 1. The molecule has 0 aliphatic carbocycles. The van der Waals surface area contributed by atoms with E-state index in [1.54, 1.807) is 7.11 Å². The number of nitrogens with one attached hydrogen (secondary N) is 1. The lowest BCUT2D eigenvalue weighted by atomic mass is 9.82. The summed E-state index contributed by atoms with van der Waals surface area (Å²) in [6, 6.07) is 23.1. The molecular formula is C33H42N2O5. The summed E-state index contributed by atoms with van der Waals surface area (Å²) >= 11 is 0. The van der Waals surface area contributed by atoms with Crippen LogP contribution >= 0.6 is 0 Å². The Balaban J connectivity index is 0.000000357. The molecule has 1 fully saturated rings. The van der Waals surface area contributed by atoms with Crippen molar-refractivity contribution < 1.29 is 24.1 Å². The van der Waals surface area contributed by atoms with Gasteiger partial charge in [0, 0.05) is 18.2 Å². The van der Waals surface area contributed by atoms with E-state index in [1.807, 2.05) is 72.8 Å². The van der Waals surface area contributed by atoms with Crippen LogP contribution in [-0.2, 0) is 4.79 Å². The third-order valence-electron chi connectivity index (χ3n) is 7.57. The van der Waals surface area contributed by atoms with Crippen molar-refractivity contribution >= 4 is 11.7 Å². The van der Waals surface area contributed by atoms with Crippen molar-refractivity contribution in [3.05, 3.63) is 83.9 Å². The number of carboxylic acids is 1. The van der Waals surface area contributed by atoms with Gasteiger partial charge in [-0.25, -0.2) is 0 Å². The summed E-state index contributed by atoms with van der Waals surface area (Å²) in [4.78, 5) is 14.8. The van der Waals surface area contributed by atoms with Gasteiger partial charge in [-0.2, -0.15) is 0 Å². The first-order valence-corrected chi connectivity index (χ1v) is 14.4. The normalized spacial score (nSPS) is 19.2.